The molecule has 0 aromatic heterocycles. The number of anilines is 1. The van der Waals surface area contributed by atoms with E-state index in [0.29, 0.717) is 35.8 Å². The van der Waals surface area contributed by atoms with E-state index in [9.17, 15) is 9.59 Å². The lowest BCUT2D eigenvalue weighted by Crippen LogP contribution is -2.15. The molecule has 0 saturated heterocycles. The van der Waals surface area contributed by atoms with Gasteiger partial charge in [0.15, 0.2) is 17.3 Å². The molecule has 25 heavy (non-hydrogen) atoms. The van der Waals surface area contributed by atoms with Crippen molar-refractivity contribution < 1.29 is 19.1 Å². The number of ether oxygens (including phenoxy) is 2. The van der Waals surface area contributed by atoms with Gasteiger partial charge in [0, 0.05) is 16.8 Å². The molecule has 2 aromatic rings. The number of Topliss-reactive ketones (excluding diaryl/α,β-unsaturated/α-hetero) is 1. The van der Waals surface area contributed by atoms with Crippen molar-refractivity contribution in [1.29, 1.82) is 0 Å². The first kappa shape index (κ1) is 15.4. The third-order valence-corrected chi connectivity index (χ3v) is 4.52. The minimum atomic E-state index is -0.164. The predicted molar refractivity (Wildman–Crippen MR) is 95.0 cm³/mol. The summed E-state index contributed by atoms with van der Waals surface area (Å²) in [5.74, 6) is 1.20. The standard InChI is InChI=1S/C20H17NO4/c1-11(13-4-6-17-18(10-13)25-8-7-24-17)19-15-9-14(12(2)22)3-5-16(15)21-20(19)23/h3-6,9-10H,7-8H2,1-2H3,(H,21,23)/b19-11+. The fourth-order valence-corrected chi connectivity index (χ4v) is 3.18. The minimum absolute atomic E-state index is 0.0292. The van der Waals surface area contributed by atoms with Crippen LogP contribution in [0, 0.1) is 0 Å². The van der Waals surface area contributed by atoms with Gasteiger partial charge in [-0.15, -0.1) is 0 Å². The molecule has 4 rings (SSSR count). The molecule has 0 bridgehead atoms. The van der Waals surface area contributed by atoms with E-state index in [1.165, 1.54) is 6.92 Å². The summed E-state index contributed by atoms with van der Waals surface area (Å²) in [7, 11) is 0. The number of hydrogen-bond donors (Lipinski definition) is 1. The second-order valence-electron chi connectivity index (χ2n) is 6.13. The van der Waals surface area contributed by atoms with E-state index >= 15 is 0 Å². The first-order valence-electron chi connectivity index (χ1n) is 8.12. The van der Waals surface area contributed by atoms with E-state index in [-0.39, 0.29) is 11.7 Å². The van der Waals surface area contributed by atoms with Gasteiger partial charge in [0.05, 0.1) is 5.57 Å². The molecule has 1 N–H and O–H groups in total. The molecule has 126 valence electrons. The molecule has 2 aromatic carbocycles. The van der Waals surface area contributed by atoms with Crippen molar-refractivity contribution in [3.8, 4) is 11.5 Å². The van der Waals surface area contributed by atoms with Gasteiger partial charge in [-0.2, -0.15) is 0 Å². The average molecular weight is 335 g/mol. The van der Waals surface area contributed by atoms with Crippen molar-refractivity contribution in [1.82, 2.24) is 0 Å². The Bertz CT molecular complexity index is 943. The first-order valence-corrected chi connectivity index (χ1v) is 8.12. The second kappa shape index (κ2) is 5.77. The van der Waals surface area contributed by atoms with Gasteiger partial charge in [-0.05, 0) is 55.3 Å². The van der Waals surface area contributed by atoms with Crippen molar-refractivity contribution >= 4 is 28.5 Å². The number of benzene rings is 2. The van der Waals surface area contributed by atoms with E-state index in [0.717, 1.165) is 22.4 Å². The maximum Gasteiger partial charge on any atom is 0.256 e. The van der Waals surface area contributed by atoms with Gasteiger partial charge in [0.25, 0.3) is 5.91 Å². The molecule has 0 saturated carbocycles. The summed E-state index contributed by atoms with van der Waals surface area (Å²) in [6.07, 6.45) is 0. The molecule has 0 fully saturated rings. The van der Waals surface area contributed by atoms with Gasteiger partial charge in [-0.1, -0.05) is 6.07 Å². The summed E-state index contributed by atoms with van der Waals surface area (Å²) >= 11 is 0. The van der Waals surface area contributed by atoms with Gasteiger partial charge in [0.1, 0.15) is 13.2 Å². The Balaban J connectivity index is 1.84. The van der Waals surface area contributed by atoms with Gasteiger partial charge in [-0.3, -0.25) is 9.59 Å². The monoisotopic (exact) mass is 335 g/mol. The van der Waals surface area contributed by atoms with Crippen LogP contribution in [0.4, 0.5) is 5.69 Å². The number of fused-ring (bicyclic) bond motifs is 2. The van der Waals surface area contributed by atoms with Crippen LogP contribution in [0.15, 0.2) is 36.4 Å². The van der Waals surface area contributed by atoms with Gasteiger partial charge in [-0.25, -0.2) is 0 Å². The third-order valence-electron chi connectivity index (χ3n) is 4.52. The van der Waals surface area contributed by atoms with Crippen molar-refractivity contribution in [2.75, 3.05) is 18.5 Å². The Kier molecular flexibility index (Phi) is 3.57. The van der Waals surface area contributed by atoms with E-state index in [4.69, 9.17) is 9.47 Å². The van der Waals surface area contributed by atoms with E-state index in [2.05, 4.69) is 5.32 Å². The first-order chi connectivity index (χ1) is 12.0. The van der Waals surface area contributed by atoms with Crippen LogP contribution in [-0.4, -0.2) is 24.9 Å². The molecule has 0 aliphatic carbocycles. The minimum Gasteiger partial charge on any atom is -0.486 e. The molecule has 2 heterocycles. The van der Waals surface area contributed by atoms with E-state index < -0.39 is 0 Å². The van der Waals surface area contributed by atoms with Crippen molar-refractivity contribution in [2.24, 2.45) is 0 Å². The molecule has 5 nitrogen and oxygen atoms in total. The molecule has 5 heteroatoms. The molecule has 0 spiro atoms. The second-order valence-corrected chi connectivity index (χ2v) is 6.13. The molecule has 2 aliphatic heterocycles. The van der Waals surface area contributed by atoms with Gasteiger partial charge in [0.2, 0.25) is 0 Å². The summed E-state index contributed by atoms with van der Waals surface area (Å²) in [5.41, 5.74) is 4.36. The molecular weight excluding hydrogens is 318 g/mol. The van der Waals surface area contributed by atoms with Gasteiger partial charge >= 0.3 is 0 Å². The zero-order chi connectivity index (χ0) is 17.6. The SMILES string of the molecule is CC(=O)c1ccc2c(c1)/C(=C(/C)c1ccc3c(c1)OCCO3)C(=O)N2. The highest BCUT2D eigenvalue weighted by Crippen LogP contribution is 2.39. The summed E-state index contributed by atoms with van der Waals surface area (Å²) < 4.78 is 11.2. The summed E-state index contributed by atoms with van der Waals surface area (Å²) in [4.78, 5) is 24.2. The van der Waals surface area contributed by atoms with Crippen LogP contribution < -0.4 is 14.8 Å². The lowest BCUT2D eigenvalue weighted by Gasteiger charge is -2.19. The molecule has 0 unspecified atom stereocenters. The topological polar surface area (TPSA) is 64.6 Å². The van der Waals surface area contributed by atoms with Crippen LogP contribution in [0.3, 0.4) is 0 Å². The zero-order valence-electron chi connectivity index (χ0n) is 14.0. The van der Waals surface area contributed by atoms with Crippen LogP contribution in [0.2, 0.25) is 0 Å². The highest BCUT2D eigenvalue weighted by atomic mass is 16.6. The molecule has 2 aliphatic rings. The Morgan fingerprint density at radius 1 is 0.960 bits per heavy atom. The van der Waals surface area contributed by atoms with Crippen LogP contribution >= 0.6 is 0 Å². The Hall–Kier alpha value is -3.08. The highest BCUT2D eigenvalue weighted by Gasteiger charge is 2.27. The number of hydrogen-bond acceptors (Lipinski definition) is 4. The quantitative estimate of drug-likeness (QED) is 0.673. The molecular formula is C20H17NO4. The zero-order valence-corrected chi connectivity index (χ0v) is 14.0. The number of allylic oxidation sites excluding steroid dienone is 1. The lowest BCUT2D eigenvalue weighted by molar-refractivity contribution is -0.110. The highest BCUT2D eigenvalue weighted by molar-refractivity contribution is 6.36. The Morgan fingerprint density at radius 3 is 2.44 bits per heavy atom. The van der Waals surface area contributed by atoms with Crippen LogP contribution in [0.25, 0.3) is 11.1 Å². The molecule has 0 radical (unpaired) electrons. The Morgan fingerprint density at radius 2 is 1.68 bits per heavy atom. The number of amides is 1. The van der Waals surface area contributed by atoms with Crippen molar-refractivity contribution in [3.63, 3.8) is 0 Å². The average Bonchev–Trinajstić information content (AvgIpc) is 2.95. The summed E-state index contributed by atoms with van der Waals surface area (Å²) in [5, 5.41) is 2.86. The fraction of sp³-hybridized carbons (Fsp3) is 0.200. The third kappa shape index (κ3) is 2.58. The predicted octanol–water partition coefficient (Wildman–Crippen LogP) is 3.54. The normalized spacial score (nSPS) is 17.0. The van der Waals surface area contributed by atoms with Crippen LogP contribution in [0.1, 0.15) is 35.3 Å². The fourth-order valence-electron chi connectivity index (χ4n) is 3.18. The van der Waals surface area contributed by atoms with Crippen LogP contribution in [0.5, 0.6) is 11.5 Å². The summed E-state index contributed by atoms with van der Waals surface area (Å²) in [6, 6.07) is 10.9. The van der Waals surface area contributed by atoms with Crippen molar-refractivity contribution in [3.05, 3.63) is 53.1 Å². The number of rotatable bonds is 2. The lowest BCUT2D eigenvalue weighted by atomic mass is 9.95. The summed E-state index contributed by atoms with van der Waals surface area (Å²) in [6.45, 7) is 4.46. The van der Waals surface area contributed by atoms with Gasteiger partial charge < -0.3 is 14.8 Å². The number of ketones is 1. The number of nitrogens with one attached hydrogen (secondary N) is 1. The van der Waals surface area contributed by atoms with E-state index in [1.807, 2.05) is 25.1 Å². The van der Waals surface area contributed by atoms with Crippen LogP contribution in [-0.2, 0) is 4.79 Å². The molecule has 1 amide bonds. The largest absolute Gasteiger partial charge is 0.486 e. The smallest absolute Gasteiger partial charge is 0.256 e. The maximum absolute atomic E-state index is 12.5. The van der Waals surface area contributed by atoms with Crippen molar-refractivity contribution in [2.45, 2.75) is 13.8 Å². The maximum atomic E-state index is 12.5. The molecule has 0 atom stereocenters. The Labute approximate surface area is 145 Å². The number of carbonyl (C=O) groups is 2. The number of carbonyl (C=O) groups excluding carboxylic acids is 2. The van der Waals surface area contributed by atoms with E-state index in [1.54, 1.807) is 18.2 Å².